The second kappa shape index (κ2) is 7.57. The first-order chi connectivity index (χ1) is 5.12. The normalized spacial score (nSPS) is 10.8. The molecule has 13 heteroatoms. The molecule has 0 fully saturated rings. The Hall–Kier alpha value is 0.179. The molecule has 0 spiro atoms. The number of hydrogen-bond acceptors (Lipinski definition) is 10. The monoisotopic (exact) mass is 289 g/mol. The van der Waals surface area contributed by atoms with Crippen molar-refractivity contribution in [1.82, 2.24) is 0 Å². The number of hydrogen-bond donors (Lipinski definition) is 2. The van der Waals surface area contributed by atoms with Crippen molar-refractivity contribution in [2.24, 2.45) is 0 Å². The van der Waals surface area contributed by atoms with E-state index in [-0.39, 0.29) is 17.1 Å². The van der Waals surface area contributed by atoms with E-state index in [1.165, 1.54) is 0 Å². The van der Waals surface area contributed by atoms with E-state index in [0.717, 1.165) is 0 Å². The van der Waals surface area contributed by atoms with Gasteiger partial charge in [-0.1, -0.05) is 0 Å². The Morgan fingerprint density at radius 2 is 0.923 bits per heavy atom. The predicted molar refractivity (Wildman–Crippen MR) is 26.8 cm³/mol. The van der Waals surface area contributed by atoms with Crippen molar-refractivity contribution in [3.8, 4) is 0 Å². The number of rotatable bonds is 2. The second-order valence-corrected chi connectivity index (χ2v) is 2.90. The molecule has 85 valence electrons. The molecule has 0 aromatic heterocycles. The molecule has 0 unspecified atom stereocenters. The molecule has 0 saturated carbocycles. The summed E-state index contributed by atoms with van der Waals surface area (Å²) < 4.78 is 58.5. The van der Waals surface area contributed by atoms with Crippen LogP contribution in [0.15, 0.2) is 0 Å². The summed E-state index contributed by atoms with van der Waals surface area (Å²) in [6.45, 7) is 0. The summed E-state index contributed by atoms with van der Waals surface area (Å²) in [6.07, 6.45) is 0. The van der Waals surface area contributed by atoms with Gasteiger partial charge in [0.25, 0.3) is 0 Å². The van der Waals surface area contributed by atoms with Crippen LogP contribution in [0.2, 0.25) is 0 Å². The van der Waals surface area contributed by atoms with Crippen molar-refractivity contribution < 1.29 is 62.2 Å². The van der Waals surface area contributed by atoms with Gasteiger partial charge in [-0.2, -0.15) is 0 Å². The van der Waals surface area contributed by atoms with Crippen molar-refractivity contribution in [2.45, 2.75) is 0 Å². The molecule has 1 radical (unpaired) electrons. The molecule has 0 aliphatic carbocycles. The summed E-state index contributed by atoms with van der Waals surface area (Å²) in [5, 5.41) is 14.0. The molecule has 0 aliphatic rings. The van der Waals surface area contributed by atoms with Gasteiger partial charge in [0.05, 0.1) is 0 Å². The van der Waals surface area contributed by atoms with Crippen LogP contribution in [0.5, 0.6) is 0 Å². The maximum Gasteiger partial charge on any atom is 2.00 e. The third-order valence-electron chi connectivity index (χ3n) is 0.183. The van der Waals surface area contributed by atoms with E-state index in [1.54, 1.807) is 0 Å². The van der Waals surface area contributed by atoms with Gasteiger partial charge in [-0.05, 0) is 0 Å². The van der Waals surface area contributed by atoms with Crippen LogP contribution in [0.4, 0.5) is 0 Å². The molecule has 0 bridgehead atoms. The Kier molecular flexibility index (Phi) is 11.0. The zero-order valence-corrected chi connectivity index (χ0v) is 7.85. The van der Waals surface area contributed by atoms with Gasteiger partial charge in [-0.3, -0.25) is 0 Å². The molecular weight excluding hydrogens is 288 g/mol. The van der Waals surface area contributed by atoms with E-state index in [9.17, 15) is 0 Å². The summed E-state index contributed by atoms with van der Waals surface area (Å²) in [5.74, 6) is 0. The fourth-order valence-corrected chi connectivity index (χ4v) is 0. The molecule has 0 aromatic carbocycles. The standard InChI is InChI=1S/Cu.2H2O5S/c;2*1-5-6(2,3)4/h;2*1H,(H,2,3,4)/q+2;;/p-2. The van der Waals surface area contributed by atoms with Crippen LogP contribution < -0.4 is 0 Å². The smallest absolute Gasteiger partial charge is 0.724 e. The summed E-state index contributed by atoms with van der Waals surface area (Å²) >= 11 is 0. The fourth-order valence-electron chi connectivity index (χ4n) is 0. The summed E-state index contributed by atoms with van der Waals surface area (Å²) in [7, 11) is -9.71. The Bertz CT molecular complexity index is 249. The molecule has 0 rings (SSSR count). The third kappa shape index (κ3) is 33.1. The van der Waals surface area contributed by atoms with Crippen LogP contribution >= 0.6 is 0 Å². The first-order valence-electron chi connectivity index (χ1n) is 1.70. The van der Waals surface area contributed by atoms with E-state index >= 15 is 0 Å². The van der Waals surface area contributed by atoms with E-state index in [2.05, 4.69) is 8.67 Å². The third-order valence-corrected chi connectivity index (χ3v) is 0.548. The van der Waals surface area contributed by atoms with Gasteiger partial charge >= 0.3 is 17.1 Å². The molecular formula is H2CuO10S2. The van der Waals surface area contributed by atoms with Crippen LogP contribution in [-0.2, 0) is 46.5 Å². The minimum Gasteiger partial charge on any atom is -0.724 e. The van der Waals surface area contributed by atoms with Gasteiger partial charge in [0, 0.05) is 0 Å². The first-order valence-corrected chi connectivity index (χ1v) is 4.37. The van der Waals surface area contributed by atoms with E-state index in [0.29, 0.717) is 0 Å². The molecule has 2 N–H and O–H groups in total. The fraction of sp³-hybridized carbons (Fsp3) is 0. The topological polar surface area (TPSA) is 173 Å². The Morgan fingerprint density at radius 1 is 0.846 bits per heavy atom. The average Bonchev–Trinajstić information content (AvgIpc) is 1.86. The second-order valence-electron chi connectivity index (χ2n) is 0.966. The largest absolute Gasteiger partial charge is 2.00 e. The SMILES string of the molecule is O=S(=O)([O-])OO.O=S(=O)([O-])OO.[Cu+2]. The molecule has 0 heterocycles. The van der Waals surface area contributed by atoms with Crippen LogP contribution in [-0.4, -0.2) is 36.5 Å². The van der Waals surface area contributed by atoms with Gasteiger partial charge in [-0.15, -0.1) is 8.67 Å². The minimum absolute atomic E-state index is 0. The van der Waals surface area contributed by atoms with E-state index in [1.807, 2.05) is 0 Å². The minimum atomic E-state index is -4.86. The van der Waals surface area contributed by atoms with Crippen molar-refractivity contribution >= 4 is 20.8 Å². The van der Waals surface area contributed by atoms with Crippen LogP contribution in [0.25, 0.3) is 0 Å². The predicted octanol–water partition coefficient (Wildman–Crippen LogP) is -2.13. The van der Waals surface area contributed by atoms with Crippen molar-refractivity contribution in [1.29, 1.82) is 0 Å². The Labute approximate surface area is 83.3 Å². The molecule has 0 atom stereocenters. The Balaban J connectivity index is -0.000000143. The van der Waals surface area contributed by atoms with Crippen molar-refractivity contribution in [3.05, 3.63) is 0 Å². The average molecular weight is 290 g/mol. The summed E-state index contributed by atoms with van der Waals surface area (Å²) in [5.41, 5.74) is 0. The van der Waals surface area contributed by atoms with Gasteiger partial charge in [0.15, 0.2) is 0 Å². The molecule has 0 aliphatic heterocycles. The van der Waals surface area contributed by atoms with Crippen LogP contribution in [0.3, 0.4) is 0 Å². The van der Waals surface area contributed by atoms with Gasteiger partial charge in [-0.25, -0.2) is 27.4 Å². The maximum atomic E-state index is 8.97. The first kappa shape index (κ1) is 18.9. The molecule has 13 heavy (non-hydrogen) atoms. The van der Waals surface area contributed by atoms with Crippen LogP contribution in [0.1, 0.15) is 0 Å². The zero-order chi connectivity index (χ0) is 10.4. The van der Waals surface area contributed by atoms with Crippen molar-refractivity contribution in [3.63, 3.8) is 0 Å². The van der Waals surface area contributed by atoms with Crippen molar-refractivity contribution in [2.75, 3.05) is 0 Å². The van der Waals surface area contributed by atoms with E-state index < -0.39 is 20.8 Å². The van der Waals surface area contributed by atoms with Crippen LogP contribution in [0, 0.1) is 0 Å². The molecule has 10 nitrogen and oxygen atoms in total. The maximum absolute atomic E-state index is 8.97. The Morgan fingerprint density at radius 3 is 0.923 bits per heavy atom. The zero-order valence-electron chi connectivity index (χ0n) is 5.28. The molecule has 0 saturated heterocycles. The van der Waals surface area contributed by atoms with Gasteiger partial charge < -0.3 is 9.11 Å². The van der Waals surface area contributed by atoms with Gasteiger partial charge in [0.2, 0.25) is 20.8 Å². The summed E-state index contributed by atoms with van der Waals surface area (Å²) in [6, 6.07) is 0. The quantitative estimate of drug-likeness (QED) is 0.188. The summed E-state index contributed by atoms with van der Waals surface area (Å²) in [4.78, 5) is 0. The van der Waals surface area contributed by atoms with E-state index in [4.69, 9.17) is 36.5 Å². The molecule has 0 amide bonds. The molecule has 0 aromatic rings. The van der Waals surface area contributed by atoms with Gasteiger partial charge in [0.1, 0.15) is 0 Å².